The molecule has 0 fully saturated rings. The summed E-state index contributed by atoms with van der Waals surface area (Å²) in [5, 5.41) is 11.2. The summed E-state index contributed by atoms with van der Waals surface area (Å²) in [5.41, 5.74) is 7.19. The first-order chi connectivity index (χ1) is 9.88. The molecule has 7 heteroatoms. The Kier molecular flexibility index (Phi) is 6.74. The topological polar surface area (TPSA) is 109 Å². The molecule has 0 aliphatic heterocycles. The van der Waals surface area contributed by atoms with Crippen LogP contribution in [0, 0.1) is 6.92 Å². The van der Waals surface area contributed by atoms with E-state index in [0.29, 0.717) is 5.75 Å². The summed E-state index contributed by atoms with van der Waals surface area (Å²) in [6.07, 6.45) is -0.413. The minimum atomic E-state index is -1.27. The lowest BCUT2D eigenvalue weighted by Gasteiger charge is -2.12. The van der Waals surface area contributed by atoms with E-state index >= 15 is 0 Å². The summed E-state index contributed by atoms with van der Waals surface area (Å²) in [4.78, 5) is 33.2. The van der Waals surface area contributed by atoms with Crippen LogP contribution in [0.4, 0.5) is 0 Å². The first-order valence-corrected chi connectivity index (χ1v) is 7.47. The van der Waals surface area contributed by atoms with Gasteiger partial charge in [-0.15, -0.1) is 11.8 Å². The predicted molar refractivity (Wildman–Crippen MR) is 80.7 cm³/mol. The average Bonchev–Trinajstić information content (AvgIpc) is 2.39. The predicted octanol–water partition coefficient (Wildman–Crippen LogP) is 0.673. The maximum atomic E-state index is 11.6. The highest BCUT2D eigenvalue weighted by Crippen LogP contribution is 2.12. The normalized spacial score (nSPS) is 11.7. The second-order valence-corrected chi connectivity index (χ2v) is 5.59. The molecule has 0 aliphatic rings. The molecule has 1 atom stereocenters. The van der Waals surface area contributed by atoms with Crippen LogP contribution in [0.25, 0.3) is 0 Å². The van der Waals surface area contributed by atoms with Gasteiger partial charge in [0.2, 0.25) is 11.8 Å². The van der Waals surface area contributed by atoms with Gasteiger partial charge in [0.15, 0.2) is 0 Å². The Labute approximate surface area is 127 Å². The van der Waals surface area contributed by atoms with Gasteiger partial charge in [-0.3, -0.25) is 9.59 Å². The van der Waals surface area contributed by atoms with E-state index in [4.69, 9.17) is 10.8 Å². The lowest BCUT2D eigenvalue weighted by Crippen LogP contribution is -2.44. The first-order valence-electron chi connectivity index (χ1n) is 6.32. The molecule has 0 unspecified atom stereocenters. The number of hydrogen-bond donors (Lipinski definition) is 3. The van der Waals surface area contributed by atoms with Crippen molar-refractivity contribution in [2.75, 3.05) is 5.75 Å². The molecule has 0 bridgehead atoms. The van der Waals surface area contributed by atoms with Gasteiger partial charge >= 0.3 is 5.97 Å². The molecule has 0 radical (unpaired) electrons. The van der Waals surface area contributed by atoms with E-state index in [1.807, 2.05) is 31.2 Å². The van der Waals surface area contributed by atoms with Crippen LogP contribution in [-0.4, -0.2) is 34.7 Å². The number of nitrogens with two attached hydrogens (primary N) is 1. The van der Waals surface area contributed by atoms with Crippen LogP contribution in [0.15, 0.2) is 24.3 Å². The molecule has 0 saturated heterocycles. The molecular formula is C14H18N2O4S. The molecule has 0 aromatic heterocycles. The van der Waals surface area contributed by atoms with Crippen LogP contribution in [0.3, 0.4) is 0 Å². The van der Waals surface area contributed by atoms with Crippen molar-refractivity contribution in [1.82, 2.24) is 5.32 Å². The number of carbonyl (C=O) groups excluding carboxylic acids is 2. The van der Waals surface area contributed by atoms with Gasteiger partial charge in [0.25, 0.3) is 0 Å². The fraction of sp³-hybridized carbons (Fsp3) is 0.357. The molecule has 0 heterocycles. The van der Waals surface area contributed by atoms with E-state index < -0.39 is 30.2 Å². The van der Waals surface area contributed by atoms with E-state index in [-0.39, 0.29) is 5.75 Å². The SMILES string of the molecule is Cc1ccc(CSCC(=O)N[C@@H](CC(N)=O)C(=O)O)cc1. The zero-order chi connectivity index (χ0) is 15.8. The molecular weight excluding hydrogens is 292 g/mol. The van der Waals surface area contributed by atoms with E-state index in [0.717, 1.165) is 11.1 Å². The molecule has 4 N–H and O–H groups in total. The van der Waals surface area contributed by atoms with Crippen molar-refractivity contribution >= 4 is 29.5 Å². The maximum Gasteiger partial charge on any atom is 0.326 e. The van der Waals surface area contributed by atoms with Gasteiger partial charge < -0.3 is 16.2 Å². The fourth-order valence-corrected chi connectivity index (χ4v) is 2.38. The van der Waals surface area contributed by atoms with Crippen molar-refractivity contribution in [3.8, 4) is 0 Å². The van der Waals surface area contributed by atoms with Crippen LogP contribution >= 0.6 is 11.8 Å². The monoisotopic (exact) mass is 310 g/mol. The number of carboxylic acids is 1. The Balaban J connectivity index is 2.37. The van der Waals surface area contributed by atoms with Crippen LogP contribution in [0.5, 0.6) is 0 Å². The number of hydrogen-bond acceptors (Lipinski definition) is 4. The Morgan fingerprint density at radius 3 is 2.43 bits per heavy atom. The number of aryl methyl sites for hydroxylation is 1. The standard InChI is InChI=1S/C14H18N2O4S/c1-9-2-4-10(5-3-9)7-21-8-13(18)16-11(14(19)20)6-12(15)17/h2-5,11H,6-8H2,1H3,(H2,15,17)(H,16,18)(H,19,20)/t11-/m0/s1. The van der Waals surface area contributed by atoms with Crippen LogP contribution in [0.1, 0.15) is 17.5 Å². The lowest BCUT2D eigenvalue weighted by atomic mass is 10.2. The first kappa shape index (κ1) is 17.0. The van der Waals surface area contributed by atoms with Crippen molar-refractivity contribution in [1.29, 1.82) is 0 Å². The summed E-state index contributed by atoms with van der Waals surface area (Å²) in [6.45, 7) is 2.00. The van der Waals surface area contributed by atoms with Crippen molar-refractivity contribution < 1.29 is 19.5 Å². The summed E-state index contributed by atoms with van der Waals surface area (Å²) < 4.78 is 0. The number of thioether (sulfide) groups is 1. The highest BCUT2D eigenvalue weighted by Gasteiger charge is 2.21. The molecule has 1 aromatic rings. The maximum absolute atomic E-state index is 11.6. The van der Waals surface area contributed by atoms with Gasteiger partial charge in [0, 0.05) is 5.75 Å². The molecule has 6 nitrogen and oxygen atoms in total. The number of benzene rings is 1. The zero-order valence-corrected chi connectivity index (χ0v) is 12.5. The Bertz CT molecular complexity index is 516. The number of primary amides is 1. The molecule has 21 heavy (non-hydrogen) atoms. The Hall–Kier alpha value is -2.02. The van der Waals surface area contributed by atoms with Gasteiger partial charge in [-0.2, -0.15) is 0 Å². The van der Waals surface area contributed by atoms with Gasteiger partial charge in [-0.05, 0) is 12.5 Å². The van der Waals surface area contributed by atoms with Crippen molar-refractivity contribution in [3.63, 3.8) is 0 Å². The Morgan fingerprint density at radius 1 is 1.29 bits per heavy atom. The van der Waals surface area contributed by atoms with E-state index in [2.05, 4.69) is 5.32 Å². The highest BCUT2D eigenvalue weighted by atomic mass is 32.2. The number of nitrogens with one attached hydrogen (secondary N) is 1. The van der Waals surface area contributed by atoms with E-state index in [9.17, 15) is 14.4 Å². The molecule has 1 aromatic carbocycles. The number of carboxylic acid groups (broad SMARTS) is 1. The second kappa shape index (κ2) is 8.31. The summed E-state index contributed by atoms with van der Waals surface area (Å²) in [5.74, 6) is -1.70. The number of amides is 2. The summed E-state index contributed by atoms with van der Waals surface area (Å²) in [6, 6.07) is 6.67. The van der Waals surface area contributed by atoms with Crippen molar-refractivity contribution in [2.45, 2.75) is 25.1 Å². The zero-order valence-electron chi connectivity index (χ0n) is 11.7. The minimum absolute atomic E-state index is 0.121. The molecule has 0 spiro atoms. The fourth-order valence-electron chi connectivity index (χ4n) is 1.58. The third kappa shape index (κ3) is 6.80. The summed E-state index contributed by atoms with van der Waals surface area (Å²) >= 11 is 1.37. The third-order valence-electron chi connectivity index (χ3n) is 2.66. The molecule has 114 valence electrons. The summed E-state index contributed by atoms with van der Waals surface area (Å²) in [7, 11) is 0. The van der Waals surface area contributed by atoms with Crippen molar-refractivity contribution in [2.24, 2.45) is 5.73 Å². The van der Waals surface area contributed by atoms with Crippen LogP contribution in [0.2, 0.25) is 0 Å². The number of rotatable bonds is 8. The molecule has 0 aliphatic carbocycles. The highest BCUT2D eigenvalue weighted by molar-refractivity contribution is 7.99. The van der Waals surface area contributed by atoms with Crippen LogP contribution < -0.4 is 11.1 Å². The van der Waals surface area contributed by atoms with Crippen molar-refractivity contribution in [3.05, 3.63) is 35.4 Å². The largest absolute Gasteiger partial charge is 0.480 e. The molecule has 2 amide bonds. The van der Waals surface area contributed by atoms with Gasteiger partial charge in [0.1, 0.15) is 6.04 Å². The quantitative estimate of drug-likeness (QED) is 0.654. The Morgan fingerprint density at radius 2 is 1.90 bits per heavy atom. The third-order valence-corrected chi connectivity index (χ3v) is 3.66. The number of carbonyl (C=O) groups is 3. The smallest absolute Gasteiger partial charge is 0.326 e. The number of aliphatic carboxylic acids is 1. The molecule has 0 saturated carbocycles. The van der Waals surface area contributed by atoms with E-state index in [1.54, 1.807) is 0 Å². The van der Waals surface area contributed by atoms with E-state index in [1.165, 1.54) is 11.8 Å². The van der Waals surface area contributed by atoms with Gasteiger partial charge in [0.05, 0.1) is 12.2 Å². The van der Waals surface area contributed by atoms with Crippen LogP contribution in [-0.2, 0) is 20.1 Å². The second-order valence-electron chi connectivity index (χ2n) is 4.61. The van der Waals surface area contributed by atoms with Gasteiger partial charge in [-0.25, -0.2) is 4.79 Å². The lowest BCUT2D eigenvalue weighted by molar-refractivity contribution is -0.143. The average molecular weight is 310 g/mol. The molecule has 1 rings (SSSR count). The minimum Gasteiger partial charge on any atom is -0.480 e. The van der Waals surface area contributed by atoms with Gasteiger partial charge in [-0.1, -0.05) is 29.8 Å².